The molecule has 0 fully saturated rings. The Bertz CT molecular complexity index is 754. The van der Waals surface area contributed by atoms with Crippen LogP contribution in [0.1, 0.15) is 10.4 Å². The van der Waals surface area contributed by atoms with E-state index in [0.29, 0.717) is 11.3 Å². The maximum absolute atomic E-state index is 12.2. The third-order valence-corrected chi connectivity index (χ3v) is 3.83. The van der Waals surface area contributed by atoms with Gasteiger partial charge in [0.15, 0.2) is 0 Å². The number of anilines is 1. The van der Waals surface area contributed by atoms with Crippen LogP contribution in [0.3, 0.4) is 0 Å². The van der Waals surface area contributed by atoms with Gasteiger partial charge in [0.2, 0.25) is 0 Å². The van der Waals surface area contributed by atoms with Crippen LogP contribution in [0.2, 0.25) is 0 Å². The third-order valence-electron chi connectivity index (χ3n) is 2.89. The Morgan fingerprint density at radius 3 is 2.71 bits per heavy atom. The van der Waals surface area contributed by atoms with Gasteiger partial charge in [-0.15, -0.1) is 0 Å². The third kappa shape index (κ3) is 3.10. The fraction of sp³-hybridized carbons (Fsp3) is 0. The van der Waals surface area contributed by atoms with Crippen LogP contribution in [0.5, 0.6) is 0 Å². The number of imidazole rings is 1. The lowest BCUT2D eigenvalue weighted by molar-refractivity contribution is 0.102. The Morgan fingerprint density at radius 1 is 1.19 bits per heavy atom. The van der Waals surface area contributed by atoms with Gasteiger partial charge in [-0.2, -0.15) is 0 Å². The molecule has 0 unspecified atom stereocenters. The van der Waals surface area contributed by atoms with Gasteiger partial charge in [0, 0.05) is 16.0 Å². The number of nitrogens with zero attached hydrogens (tertiary/aromatic N) is 3. The molecule has 0 atom stereocenters. The van der Waals surface area contributed by atoms with Crippen molar-refractivity contribution in [2.45, 2.75) is 0 Å². The zero-order valence-electron chi connectivity index (χ0n) is 10.9. The van der Waals surface area contributed by atoms with Gasteiger partial charge in [-0.3, -0.25) is 9.36 Å². The standard InChI is InChI=1S/C15H11IN4O/c16-13-4-2-1-3-12(13)15(21)19-11-5-6-14(18-9-11)20-8-7-17-10-20/h1-10H,(H,19,21). The van der Waals surface area contributed by atoms with Crippen molar-refractivity contribution in [2.24, 2.45) is 0 Å². The fourth-order valence-electron chi connectivity index (χ4n) is 1.85. The Morgan fingerprint density at radius 2 is 2.05 bits per heavy atom. The minimum absolute atomic E-state index is 0.141. The van der Waals surface area contributed by atoms with Gasteiger partial charge in [0.05, 0.1) is 17.4 Å². The van der Waals surface area contributed by atoms with Gasteiger partial charge in [-0.05, 0) is 46.9 Å². The number of amides is 1. The number of rotatable bonds is 3. The molecule has 0 bridgehead atoms. The second kappa shape index (κ2) is 6.04. The Labute approximate surface area is 135 Å². The predicted molar refractivity (Wildman–Crippen MR) is 88.5 cm³/mol. The monoisotopic (exact) mass is 390 g/mol. The lowest BCUT2D eigenvalue weighted by atomic mass is 10.2. The van der Waals surface area contributed by atoms with Crippen LogP contribution in [-0.4, -0.2) is 20.4 Å². The van der Waals surface area contributed by atoms with Crippen molar-refractivity contribution >= 4 is 34.2 Å². The summed E-state index contributed by atoms with van der Waals surface area (Å²) in [5.41, 5.74) is 1.31. The van der Waals surface area contributed by atoms with Crippen LogP contribution in [0.15, 0.2) is 61.3 Å². The summed E-state index contributed by atoms with van der Waals surface area (Å²) < 4.78 is 2.71. The summed E-state index contributed by atoms with van der Waals surface area (Å²) in [5, 5.41) is 2.84. The normalized spacial score (nSPS) is 10.3. The molecule has 0 radical (unpaired) electrons. The quantitative estimate of drug-likeness (QED) is 0.700. The second-order valence-electron chi connectivity index (χ2n) is 4.31. The molecule has 6 heteroatoms. The first kappa shape index (κ1) is 13.7. The number of nitrogens with one attached hydrogen (secondary N) is 1. The second-order valence-corrected chi connectivity index (χ2v) is 5.47. The summed E-state index contributed by atoms with van der Waals surface area (Å²) in [6, 6.07) is 11.1. The molecule has 1 amide bonds. The molecule has 2 aromatic heterocycles. The number of hydrogen-bond acceptors (Lipinski definition) is 3. The van der Waals surface area contributed by atoms with Crippen LogP contribution < -0.4 is 5.32 Å². The van der Waals surface area contributed by atoms with Crippen molar-refractivity contribution in [1.82, 2.24) is 14.5 Å². The summed E-state index contributed by atoms with van der Waals surface area (Å²) in [6.45, 7) is 0. The maximum atomic E-state index is 12.2. The van der Waals surface area contributed by atoms with Crippen LogP contribution in [0.4, 0.5) is 5.69 Å². The first-order chi connectivity index (χ1) is 10.2. The summed E-state index contributed by atoms with van der Waals surface area (Å²) >= 11 is 2.14. The maximum Gasteiger partial charge on any atom is 0.256 e. The first-order valence-electron chi connectivity index (χ1n) is 6.24. The van der Waals surface area contributed by atoms with E-state index in [1.165, 1.54) is 0 Å². The molecule has 104 valence electrons. The Balaban J connectivity index is 1.77. The van der Waals surface area contributed by atoms with Gasteiger partial charge in [0.1, 0.15) is 12.1 Å². The number of aromatic nitrogens is 3. The minimum atomic E-state index is -0.141. The number of benzene rings is 1. The topological polar surface area (TPSA) is 59.8 Å². The molecule has 5 nitrogen and oxygen atoms in total. The molecule has 0 aliphatic heterocycles. The zero-order valence-corrected chi connectivity index (χ0v) is 13.1. The molecule has 3 aromatic rings. The van der Waals surface area contributed by atoms with Gasteiger partial charge >= 0.3 is 0 Å². The summed E-state index contributed by atoms with van der Waals surface area (Å²) in [5.74, 6) is 0.608. The average molecular weight is 390 g/mol. The molecule has 0 saturated heterocycles. The molecule has 1 N–H and O–H groups in total. The first-order valence-corrected chi connectivity index (χ1v) is 7.32. The lowest BCUT2D eigenvalue weighted by Gasteiger charge is -2.07. The highest BCUT2D eigenvalue weighted by molar-refractivity contribution is 14.1. The van der Waals surface area contributed by atoms with Crippen molar-refractivity contribution in [3.63, 3.8) is 0 Å². The predicted octanol–water partition coefficient (Wildman–Crippen LogP) is 3.12. The number of halogens is 1. The van der Waals surface area contributed by atoms with Crippen molar-refractivity contribution < 1.29 is 4.79 Å². The molecular formula is C15H11IN4O. The lowest BCUT2D eigenvalue weighted by Crippen LogP contribution is -2.13. The molecule has 0 aliphatic rings. The molecule has 0 aliphatic carbocycles. The average Bonchev–Trinajstić information content (AvgIpc) is 3.02. The minimum Gasteiger partial charge on any atom is -0.321 e. The Hall–Kier alpha value is -2.22. The summed E-state index contributed by atoms with van der Waals surface area (Å²) in [4.78, 5) is 20.5. The smallest absolute Gasteiger partial charge is 0.256 e. The van der Waals surface area contributed by atoms with Crippen molar-refractivity contribution in [2.75, 3.05) is 5.32 Å². The van der Waals surface area contributed by atoms with Crippen molar-refractivity contribution in [3.05, 3.63) is 70.4 Å². The van der Waals surface area contributed by atoms with Gasteiger partial charge in [-0.25, -0.2) is 9.97 Å². The Kier molecular flexibility index (Phi) is 3.96. The number of carbonyl (C=O) groups is 1. The molecule has 21 heavy (non-hydrogen) atoms. The molecule has 0 saturated carbocycles. The van der Waals surface area contributed by atoms with Gasteiger partial charge in [0.25, 0.3) is 5.91 Å². The van der Waals surface area contributed by atoms with Gasteiger partial charge < -0.3 is 5.32 Å². The molecular weight excluding hydrogens is 379 g/mol. The molecule has 0 spiro atoms. The van der Waals surface area contributed by atoms with E-state index in [2.05, 4.69) is 37.9 Å². The number of hydrogen-bond donors (Lipinski definition) is 1. The highest BCUT2D eigenvalue weighted by Crippen LogP contribution is 2.15. The van der Waals surface area contributed by atoms with E-state index in [0.717, 1.165) is 9.39 Å². The van der Waals surface area contributed by atoms with E-state index in [9.17, 15) is 4.79 Å². The number of pyridine rings is 1. The van der Waals surface area contributed by atoms with Gasteiger partial charge in [-0.1, -0.05) is 12.1 Å². The van der Waals surface area contributed by atoms with Crippen molar-refractivity contribution in [3.8, 4) is 5.82 Å². The van der Waals surface area contributed by atoms with E-state index in [4.69, 9.17) is 0 Å². The van der Waals surface area contributed by atoms with E-state index in [1.54, 1.807) is 29.4 Å². The molecule has 1 aromatic carbocycles. The molecule has 3 rings (SSSR count). The zero-order chi connectivity index (χ0) is 14.7. The van der Waals surface area contributed by atoms with E-state index < -0.39 is 0 Å². The highest BCUT2D eigenvalue weighted by atomic mass is 127. The van der Waals surface area contributed by atoms with E-state index in [-0.39, 0.29) is 5.91 Å². The molecule has 2 heterocycles. The highest BCUT2D eigenvalue weighted by Gasteiger charge is 2.09. The van der Waals surface area contributed by atoms with Crippen molar-refractivity contribution in [1.29, 1.82) is 0 Å². The van der Waals surface area contributed by atoms with Crippen LogP contribution >= 0.6 is 22.6 Å². The van der Waals surface area contributed by atoms with Crippen LogP contribution in [0.25, 0.3) is 5.82 Å². The summed E-state index contributed by atoms with van der Waals surface area (Å²) in [7, 11) is 0. The van der Waals surface area contributed by atoms with E-state index >= 15 is 0 Å². The summed E-state index contributed by atoms with van der Waals surface area (Å²) in [6.07, 6.45) is 6.80. The van der Waals surface area contributed by atoms with E-state index in [1.807, 2.05) is 36.5 Å². The largest absolute Gasteiger partial charge is 0.321 e. The number of carbonyl (C=O) groups excluding carboxylic acids is 1. The van der Waals surface area contributed by atoms with Crippen LogP contribution in [-0.2, 0) is 0 Å². The van der Waals surface area contributed by atoms with Crippen LogP contribution in [0, 0.1) is 3.57 Å². The SMILES string of the molecule is O=C(Nc1ccc(-n2ccnc2)nc1)c1ccccc1I. The fourth-order valence-corrected chi connectivity index (χ4v) is 2.48.